The van der Waals surface area contributed by atoms with Crippen LogP contribution >= 0.6 is 0 Å². The summed E-state index contributed by atoms with van der Waals surface area (Å²) < 4.78 is 16.9. The van der Waals surface area contributed by atoms with Gasteiger partial charge < -0.3 is 29.5 Å². The number of hydrogen-bond acceptors (Lipinski definition) is 7. The maximum atomic E-state index is 11.4. The predicted octanol–water partition coefficient (Wildman–Crippen LogP) is 4.16. The molecule has 1 saturated heterocycles. The molecule has 3 N–H and O–H groups in total. The number of aliphatic hydroxyl groups is 2. The van der Waals surface area contributed by atoms with E-state index in [1.165, 1.54) is 23.6 Å². The molecule has 1 aliphatic heterocycles. The third-order valence-electron chi connectivity index (χ3n) is 7.78. The van der Waals surface area contributed by atoms with Crippen LogP contribution in [0.4, 0.5) is 0 Å². The zero-order valence-electron chi connectivity index (χ0n) is 21.0. The molecule has 1 heterocycles. The first-order valence-corrected chi connectivity index (χ1v) is 12.4. The van der Waals surface area contributed by atoms with Gasteiger partial charge in [-0.15, -0.1) is 0 Å². The number of benzene rings is 1. The fourth-order valence-corrected chi connectivity index (χ4v) is 6.21. The smallest absolute Gasteiger partial charge is 0.303 e. The van der Waals surface area contributed by atoms with E-state index in [0.29, 0.717) is 17.6 Å². The van der Waals surface area contributed by atoms with E-state index in [0.717, 1.165) is 30.4 Å². The summed E-state index contributed by atoms with van der Waals surface area (Å²) in [6, 6.07) is 0. The van der Waals surface area contributed by atoms with E-state index in [2.05, 4.69) is 33.8 Å². The summed E-state index contributed by atoms with van der Waals surface area (Å²) in [6.45, 7) is 11.7. The van der Waals surface area contributed by atoms with Gasteiger partial charge in [0, 0.05) is 18.4 Å². The molecule has 1 aromatic rings. The van der Waals surface area contributed by atoms with Gasteiger partial charge in [0.05, 0.1) is 6.61 Å². The summed E-state index contributed by atoms with van der Waals surface area (Å²) in [5.41, 5.74) is 5.51. The van der Waals surface area contributed by atoms with Crippen LogP contribution in [-0.2, 0) is 14.3 Å². The Hall–Kier alpha value is -2.09. The molecular weight excluding hydrogens is 436 g/mol. The first kappa shape index (κ1) is 25.0. The molecule has 0 radical (unpaired) electrons. The van der Waals surface area contributed by atoms with Gasteiger partial charge in [-0.3, -0.25) is 4.79 Å². The average molecular weight is 475 g/mol. The molecule has 7 heteroatoms. The topological polar surface area (TPSA) is 105 Å². The van der Waals surface area contributed by atoms with Crippen molar-refractivity contribution in [3.63, 3.8) is 0 Å². The Morgan fingerprint density at radius 1 is 1.06 bits per heavy atom. The molecule has 0 spiro atoms. The van der Waals surface area contributed by atoms with Crippen molar-refractivity contribution in [1.29, 1.82) is 0 Å². The maximum Gasteiger partial charge on any atom is 0.303 e. The average Bonchev–Trinajstić information content (AvgIpc) is 2.75. The molecule has 3 aliphatic rings. The third-order valence-corrected chi connectivity index (χ3v) is 7.78. The number of allylic oxidation sites excluding steroid dienone is 2. The Labute approximate surface area is 201 Å². The Morgan fingerprint density at radius 3 is 2.41 bits per heavy atom. The number of esters is 1. The van der Waals surface area contributed by atoms with E-state index < -0.39 is 30.6 Å². The van der Waals surface area contributed by atoms with Crippen molar-refractivity contribution in [2.75, 3.05) is 6.61 Å². The number of ether oxygens (including phenoxy) is 3. The summed E-state index contributed by atoms with van der Waals surface area (Å²) in [6.07, 6.45) is 0.472. The Morgan fingerprint density at radius 2 is 1.76 bits per heavy atom. The van der Waals surface area contributed by atoms with Crippen LogP contribution in [0.2, 0.25) is 0 Å². The van der Waals surface area contributed by atoms with E-state index in [-0.39, 0.29) is 24.2 Å². The van der Waals surface area contributed by atoms with E-state index in [1.54, 1.807) is 0 Å². The van der Waals surface area contributed by atoms with Crippen LogP contribution in [0.15, 0.2) is 11.6 Å². The lowest BCUT2D eigenvalue weighted by Gasteiger charge is -2.44. The lowest BCUT2D eigenvalue weighted by atomic mass is 9.62. The van der Waals surface area contributed by atoms with Crippen LogP contribution in [-0.4, -0.2) is 52.5 Å². The zero-order chi connectivity index (χ0) is 24.9. The molecule has 4 rings (SSSR count). The molecule has 7 nitrogen and oxygen atoms in total. The molecule has 188 valence electrons. The second-order valence-electron chi connectivity index (χ2n) is 10.6. The fourth-order valence-electron chi connectivity index (χ4n) is 6.21. The maximum absolute atomic E-state index is 11.4. The summed E-state index contributed by atoms with van der Waals surface area (Å²) in [5.74, 6) is 1.13. The van der Waals surface area contributed by atoms with Crippen molar-refractivity contribution < 1.29 is 34.3 Å². The van der Waals surface area contributed by atoms with E-state index >= 15 is 0 Å². The molecule has 1 fully saturated rings. The molecular formula is C27H38O7. The van der Waals surface area contributed by atoms with Gasteiger partial charge in [0.25, 0.3) is 0 Å². The number of phenolic OH excluding ortho intramolecular Hbond substituents is 1. The van der Waals surface area contributed by atoms with Gasteiger partial charge in [0.1, 0.15) is 12.2 Å². The molecule has 0 amide bonds. The molecule has 8 atom stereocenters. The van der Waals surface area contributed by atoms with Crippen LogP contribution in [0.25, 0.3) is 0 Å². The minimum Gasteiger partial charge on any atom is -0.504 e. The van der Waals surface area contributed by atoms with Crippen LogP contribution < -0.4 is 4.74 Å². The Bertz CT molecular complexity index is 980. The number of hydrogen-bond donors (Lipinski definition) is 3. The number of carbonyl (C=O) groups excluding carboxylic acids is 1. The molecule has 0 saturated carbocycles. The highest BCUT2D eigenvalue weighted by Crippen LogP contribution is 2.58. The minimum atomic E-state index is -1.44. The molecule has 0 aromatic heterocycles. The van der Waals surface area contributed by atoms with Gasteiger partial charge in [-0.25, -0.2) is 0 Å². The zero-order valence-corrected chi connectivity index (χ0v) is 21.0. The van der Waals surface area contributed by atoms with Gasteiger partial charge >= 0.3 is 5.97 Å². The minimum absolute atomic E-state index is 0.0651. The first-order valence-electron chi connectivity index (χ1n) is 12.4. The van der Waals surface area contributed by atoms with Crippen molar-refractivity contribution >= 4 is 5.97 Å². The van der Waals surface area contributed by atoms with Crippen molar-refractivity contribution in [1.82, 2.24) is 0 Å². The number of rotatable bonds is 4. The predicted molar refractivity (Wildman–Crippen MR) is 127 cm³/mol. The summed E-state index contributed by atoms with van der Waals surface area (Å²) in [5, 5.41) is 32.5. The third kappa shape index (κ3) is 4.34. The fraction of sp³-hybridized carbons (Fsp3) is 0.667. The lowest BCUT2D eigenvalue weighted by molar-refractivity contribution is -0.248. The Balaban J connectivity index is 1.77. The largest absolute Gasteiger partial charge is 0.504 e. The Kier molecular flexibility index (Phi) is 7.00. The molecule has 1 aromatic carbocycles. The van der Waals surface area contributed by atoms with Gasteiger partial charge in [-0.05, 0) is 74.5 Å². The van der Waals surface area contributed by atoms with E-state index in [4.69, 9.17) is 14.2 Å². The van der Waals surface area contributed by atoms with Crippen LogP contribution in [0.1, 0.15) is 93.9 Å². The lowest BCUT2D eigenvalue weighted by Crippen LogP contribution is -2.56. The number of aliphatic hydroxyl groups excluding tert-OH is 2. The van der Waals surface area contributed by atoms with Crippen LogP contribution in [0.5, 0.6) is 11.5 Å². The monoisotopic (exact) mass is 474 g/mol. The van der Waals surface area contributed by atoms with Crippen LogP contribution in [0.3, 0.4) is 0 Å². The second kappa shape index (κ2) is 9.51. The highest BCUT2D eigenvalue weighted by molar-refractivity contribution is 5.66. The van der Waals surface area contributed by atoms with Crippen molar-refractivity contribution in [3.8, 4) is 11.5 Å². The normalized spacial score (nSPS) is 34.7. The number of carbonyl (C=O) groups is 1. The highest BCUT2D eigenvalue weighted by atomic mass is 16.7. The van der Waals surface area contributed by atoms with Crippen LogP contribution in [0, 0.1) is 12.8 Å². The van der Waals surface area contributed by atoms with Gasteiger partial charge in [0.2, 0.25) is 6.29 Å². The quantitative estimate of drug-likeness (QED) is 0.444. The summed E-state index contributed by atoms with van der Waals surface area (Å²) in [7, 11) is 0. The SMILES string of the molecule is CC(=O)O[C@H]1CO[C@H](Oc2c(O)c(C)c3c4c2[C@@H](C)CC[C@@H]4[C@@H](C)C[C@@H]3C=C(C)C)[C@@H](O)[C@@H]1O. The van der Waals surface area contributed by atoms with Gasteiger partial charge in [0.15, 0.2) is 17.6 Å². The first-order chi connectivity index (χ1) is 16.0. The van der Waals surface area contributed by atoms with Crippen molar-refractivity contribution in [2.45, 2.75) is 103 Å². The molecule has 34 heavy (non-hydrogen) atoms. The number of phenols is 1. The van der Waals surface area contributed by atoms with E-state index in [9.17, 15) is 20.1 Å². The molecule has 0 unspecified atom stereocenters. The standard InChI is InChI=1S/C27H38O7/c1-12(2)9-17-10-14(4)18-8-7-13(3)20-22(18)21(17)15(5)23(29)26(20)34-27-25(31)24(30)19(11-32-27)33-16(6)28/h9,13-14,17-19,24-25,27,29-31H,7-8,10-11H2,1-6H3/t13-,14-,17-,18+,19-,24+,25-,27+/m0/s1. The van der Waals surface area contributed by atoms with Crippen molar-refractivity contribution in [2.24, 2.45) is 5.92 Å². The second-order valence-corrected chi connectivity index (χ2v) is 10.6. The van der Waals surface area contributed by atoms with Gasteiger partial charge in [-0.1, -0.05) is 25.5 Å². The van der Waals surface area contributed by atoms with Crippen molar-refractivity contribution in [3.05, 3.63) is 33.9 Å². The van der Waals surface area contributed by atoms with E-state index in [1.807, 2.05) is 6.92 Å². The van der Waals surface area contributed by atoms with Gasteiger partial charge in [-0.2, -0.15) is 0 Å². The summed E-state index contributed by atoms with van der Waals surface area (Å²) >= 11 is 0. The highest BCUT2D eigenvalue weighted by Gasteiger charge is 2.45. The number of aromatic hydroxyl groups is 1. The molecule has 0 bridgehead atoms. The summed E-state index contributed by atoms with van der Waals surface area (Å²) in [4.78, 5) is 11.3. The molecule has 2 aliphatic carbocycles.